The van der Waals surface area contributed by atoms with E-state index in [9.17, 15) is 19.7 Å². The molecule has 0 saturated heterocycles. The van der Waals surface area contributed by atoms with Gasteiger partial charge in [0.25, 0.3) is 17.5 Å². The molecule has 8 nitrogen and oxygen atoms in total. The van der Waals surface area contributed by atoms with E-state index in [4.69, 9.17) is 4.42 Å². The highest BCUT2D eigenvalue weighted by atomic mass is 79.9. The molecule has 0 fully saturated rings. The average molecular weight is 470 g/mol. The van der Waals surface area contributed by atoms with Crippen LogP contribution in [0.4, 0.5) is 11.4 Å². The lowest BCUT2D eigenvalue weighted by Gasteiger charge is -2.11. The first-order valence-electron chi connectivity index (χ1n) is 8.73. The molecule has 3 aromatic rings. The van der Waals surface area contributed by atoms with Gasteiger partial charge in [0.2, 0.25) is 0 Å². The maximum atomic E-state index is 12.8. The van der Waals surface area contributed by atoms with Crippen molar-refractivity contribution in [3.8, 4) is 0 Å². The van der Waals surface area contributed by atoms with E-state index in [0.717, 1.165) is 5.56 Å². The number of nitro groups is 1. The fraction of sp³-hybridized carbons (Fsp3) is 0.0476. The lowest BCUT2D eigenvalue weighted by molar-refractivity contribution is -0.384. The lowest BCUT2D eigenvalue weighted by atomic mass is 10.1. The fourth-order valence-corrected chi connectivity index (χ4v) is 2.82. The number of nitro benzene ring substituents is 1. The molecular weight excluding hydrogens is 454 g/mol. The van der Waals surface area contributed by atoms with Gasteiger partial charge in [0.1, 0.15) is 5.70 Å². The Balaban J connectivity index is 1.91. The topological polar surface area (TPSA) is 114 Å². The minimum absolute atomic E-state index is 0.00467. The molecule has 0 aliphatic heterocycles. The largest absolute Gasteiger partial charge is 0.444 e. The van der Waals surface area contributed by atoms with Crippen LogP contribution in [0.3, 0.4) is 0 Å². The van der Waals surface area contributed by atoms with Crippen molar-refractivity contribution >= 4 is 45.2 Å². The standard InChI is InChI=1S/C21H16BrN3O5/c1-13-5-7-15(8-6-13)23-20(26)17(24-21(27)18-9-10-19(22)30-18)12-14-3-2-4-16(11-14)25(28)29/h2-12H,1H3,(H,23,26)(H,24,27)/b17-12-. The first kappa shape index (κ1) is 21.0. The second-order valence-electron chi connectivity index (χ2n) is 6.29. The van der Waals surface area contributed by atoms with E-state index in [-0.39, 0.29) is 17.1 Å². The van der Waals surface area contributed by atoms with Gasteiger partial charge in [-0.15, -0.1) is 0 Å². The van der Waals surface area contributed by atoms with E-state index >= 15 is 0 Å². The first-order valence-corrected chi connectivity index (χ1v) is 9.52. The number of non-ortho nitro benzene ring substituents is 1. The van der Waals surface area contributed by atoms with Gasteiger partial charge in [0.15, 0.2) is 10.4 Å². The molecule has 0 unspecified atom stereocenters. The summed E-state index contributed by atoms with van der Waals surface area (Å²) in [6, 6.07) is 15.8. The molecule has 2 aromatic carbocycles. The molecule has 0 saturated carbocycles. The number of carbonyl (C=O) groups excluding carboxylic acids is 2. The van der Waals surface area contributed by atoms with Crippen molar-refractivity contribution in [3.63, 3.8) is 0 Å². The number of nitrogens with one attached hydrogen (secondary N) is 2. The summed E-state index contributed by atoms with van der Waals surface area (Å²) in [5.41, 5.74) is 1.69. The summed E-state index contributed by atoms with van der Waals surface area (Å²) >= 11 is 3.12. The molecule has 0 atom stereocenters. The van der Waals surface area contributed by atoms with E-state index in [1.54, 1.807) is 24.3 Å². The molecule has 0 radical (unpaired) electrons. The van der Waals surface area contributed by atoms with Crippen LogP contribution in [0, 0.1) is 17.0 Å². The minimum Gasteiger partial charge on any atom is -0.444 e. The summed E-state index contributed by atoms with van der Waals surface area (Å²) in [4.78, 5) is 35.8. The molecule has 2 amide bonds. The normalized spacial score (nSPS) is 11.1. The third-order valence-electron chi connectivity index (χ3n) is 3.99. The zero-order chi connectivity index (χ0) is 21.7. The fourth-order valence-electron chi connectivity index (χ4n) is 2.51. The van der Waals surface area contributed by atoms with Crippen LogP contribution in [-0.4, -0.2) is 16.7 Å². The number of rotatable bonds is 6. The first-order chi connectivity index (χ1) is 14.3. The second kappa shape index (κ2) is 9.19. The van der Waals surface area contributed by atoms with Gasteiger partial charge in [-0.05, 0) is 58.8 Å². The number of nitrogens with zero attached hydrogens (tertiary/aromatic N) is 1. The molecule has 0 aliphatic carbocycles. The zero-order valence-electron chi connectivity index (χ0n) is 15.7. The Kier molecular flexibility index (Phi) is 6.43. The number of carbonyl (C=O) groups is 2. The molecule has 0 aliphatic rings. The van der Waals surface area contributed by atoms with Gasteiger partial charge in [-0.3, -0.25) is 19.7 Å². The zero-order valence-corrected chi connectivity index (χ0v) is 17.3. The maximum absolute atomic E-state index is 12.8. The predicted molar refractivity (Wildman–Crippen MR) is 115 cm³/mol. The Hall–Kier alpha value is -3.72. The molecule has 1 heterocycles. The highest BCUT2D eigenvalue weighted by Gasteiger charge is 2.18. The Morgan fingerprint density at radius 3 is 2.47 bits per heavy atom. The van der Waals surface area contributed by atoms with E-state index in [2.05, 4.69) is 26.6 Å². The van der Waals surface area contributed by atoms with Gasteiger partial charge in [0, 0.05) is 17.8 Å². The molecule has 152 valence electrons. The third kappa shape index (κ3) is 5.42. The Labute approximate surface area is 179 Å². The molecule has 3 rings (SSSR count). The summed E-state index contributed by atoms with van der Waals surface area (Å²) in [5, 5.41) is 16.2. The van der Waals surface area contributed by atoms with Gasteiger partial charge >= 0.3 is 0 Å². The van der Waals surface area contributed by atoms with Crippen molar-refractivity contribution in [2.45, 2.75) is 6.92 Å². The highest BCUT2D eigenvalue weighted by Crippen LogP contribution is 2.18. The van der Waals surface area contributed by atoms with Gasteiger partial charge in [-0.25, -0.2) is 0 Å². The van der Waals surface area contributed by atoms with Crippen LogP contribution in [-0.2, 0) is 4.79 Å². The van der Waals surface area contributed by atoms with Crippen molar-refractivity contribution in [3.05, 3.63) is 98.0 Å². The van der Waals surface area contributed by atoms with E-state index < -0.39 is 16.7 Å². The number of benzene rings is 2. The Morgan fingerprint density at radius 1 is 1.10 bits per heavy atom. The van der Waals surface area contributed by atoms with Crippen LogP contribution in [0.1, 0.15) is 21.7 Å². The predicted octanol–water partition coefficient (Wildman–Crippen LogP) is 4.67. The summed E-state index contributed by atoms with van der Waals surface area (Å²) in [5.74, 6) is -1.24. The molecule has 1 aromatic heterocycles. The summed E-state index contributed by atoms with van der Waals surface area (Å²) in [6.45, 7) is 1.92. The highest BCUT2D eigenvalue weighted by molar-refractivity contribution is 9.10. The SMILES string of the molecule is Cc1ccc(NC(=O)/C(=C/c2cccc([N+](=O)[O-])c2)NC(=O)c2ccc(Br)o2)cc1. The van der Waals surface area contributed by atoms with E-state index in [1.807, 2.05) is 19.1 Å². The van der Waals surface area contributed by atoms with E-state index in [1.165, 1.54) is 30.3 Å². The third-order valence-corrected chi connectivity index (χ3v) is 4.42. The minimum atomic E-state index is -0.642. The van der Waals surface area contributed by atoms with Crippen LogP contribution < -0.4 is 10.6 Å². The van der Waals surface area contributed by atoms with Crippen molar-refractivity contribution in [1.82, 2.24) is 5.32 Å². The van der Waals surface area contributed by atoms with E-state index in [0.29, 0.717) is 15.9 Å². The summed E-state index contributed by atoms with van der Waals surface area (Å²) < 4.78 is 5.58. The van der Waals surface area contributed by atoms with Crippen molar-refractivity contribution in [1.29, 1.82) is 0 Å². The molecule has 2 N–H and O–H groups in total. The Morgan fingerprint density at radius 2 is 1.83 bits per heavy atom. The number of amides is 2. The molecule has 9 heteroatoms. The van der Waals surface area contributed by atoms with Crippen molar-refractivity contribution in [2.75, 3.05) is 5.32 Å². The number of anilines is 1. The van der Waals surface area contributed by atoms with Crippen molar-refractivity contribution < 1.29 is 18.9 Å². The number of aryl methyl sites for hydroxylation is 1. The number of halogens is 1. The van der Waals surface area contributed by atoms with Crippen LogP contribution >= 0.6 is 15.9 Å². The molecule has 0 bridgehead atoms. The Bertz CT molecular complexity index is 1140. The molecule has 0 spiro atoms. The van der Waals surface area contributed by atoms with Gasteiger partial charge in [0.05, 0.1) is 4.92 Å². The monoisotopic (exact) mass is 469 g/mol. The van der Waals surface area contributed by atoms with Crippen LogP contribution in [0.5, 0.6) is 0 Å². The summed E-state index contributed by atoms with van der Waals surface area (Å²) in [6.07, 6.45) is 1.35. The number of hydrogen-bond acceptors (Lipinski definition) is 5. The maximum Gasteiger partial charge on any atom is 0.291 e. The summed E-state index contributed by atoms with van der Waals surface area (Å²) in [7, 11) is 0. The van der Waals surface area contributed by atoms with Gasteiger partial charge < -0.3 is 15.1 Å². The quantitative estimate of drug-likeness (QED) is 0.309. The number of hydrogen-bond donors (Lipinski definition) is 2. The smallest absolute Gasteiger partial charge is 0.291 e. The van der Waals surface area contributed by atoms with Crippen LogP contribution in [0.2, 0.25) is 0 Å². The molecule has 30 heavy (non-hydrogen) atoms. The van der Waals surface area contributed by atoms with Crippen LogP contribution in [0.15, 0.2) is 75.4 Å². The van der Waals surface area contributed by atoms with Gasteiger partial charge in [-0.2, -0.15) is 0 Å². The van der Waals surface area contributed by atoms with Crippen LogP contribution in [0.25, 0.3) is 6.08 Å². The lowest BCUT2D eigenvalue weighted by Crippen LogP contribution is -2.30. The average Bonchev–Trinajstić information content (AvgIpc) is 3.16. The molecular formula is C21H16BrN3O5. The number of furan rings is 1. The second-order valence-corrected chi connectivity index (χ2v) is 7.07. The van der Waals surface area contributed by atoms with Crippen molar-refractivity contribution in [2.24, 2.45) is 0 Å². The van der Waals surface area contributed by atoms with Gasteiger partial charge in [-0.1, -0.05) is 29.8 Å².